The smallest absolute Gasteiger partial charge is 0.347 e. The molecule has 0 aromatic carbocycles. The second-order valence-corrected chi connectivity index (χ2v) is 32.3. The van der Waals surface area contributed by atoms with Gasteiger partial charge in [-0.15, -0.1) is 0 Å². The van der Waals surface area contributed by atoms with E-state index in [4.69, 9.17) is 0 Å². The van der Waals surface area contributed by atoms with Gasteiger partial charge >= 0.3 is 5.69 Å². The average molecular weight is 1120 g/mol. The largest absolute Gasteiger partial charge is 0.348 e. The Morgan fingerprint density at radius 3 is 1.45 bits per heavy atom. The lowest BCUT2D eigenvalue weighted by Gasteiger charge is -2.59. The van der Waals surface area contributed by atoms with Crippen LogP contribution in [-0.4, -0.2) is 66.9 Å². The topological polar surface area (TPSA) is 145 Å². The van der Waals surface area contributed by atoms with E-state index in [0.717, 1.165) is 34.8 Å². The van der Waals surface area contributed by atoms with Gasteiger partial charge in [-0.25, -0.2) is 18.2 Å². The summed E-state index contributed by atoms with van der Waals surface area (Å²) < 4.78 is 30.5. The lowest BCUT2D eigenvalue weighted by Crippen LogP contribution is -2.57. The van der Waals surface area contributed by atoms with Crippen molar-refractivity contribution in [2.75, 3.05) is 6.54 Å². The van der Waals surface area contributed by atoms with Crippen molar-refractivity contribution >= 4 is 16.2 Å². The van der Waals surface area contributed by atoms with E-state index in [9.17, 15) is 22.8 Å². The summed E-state index contributed by atoms with van der Waals surface area (Å²) in [6.45, 7) is 66.1. The van der Waals surface area contributed by atoms with E-state index in [1.807, 2.05) is 44.8 Å². The molecule has 0 saturated carbocycles. The molecule has 5 aliphatic carbocycles. The summed E-state index contributed by atoms with van der Waals surface area (Å²) in [5, 5.41) is 1.34. The molecule has 444 valence electrons. The van der Waals surface area contributed by atoms with Crippen molar-refractivity contribution in [2.45, 2.75) is 270 Å². The molecule has 0 atom stereocenters. The number of fused-ring (bicyclic) bond motifs is 3. The third-order valence-electron chi connectivity index (χ3n) is 22.1. The molecule has 3 aromatic rings. The van der Waals surface area contributed by atoms with Crippen LogP contribution in [0.4, 0.5) is 0 Å². The van der Waals surface area contributed by atoms with Crippen molar-refractivity contribution in [3.63, 3.8) is 0 Å². The molecule has 0 saturated heterocycles. The molecule has 10 rings (SSSR count). The SMILES string of the molecule is CC(C)N1C=CS(=O)(=O)C2=C1C(C)(C)C2(C)C.CC(C)N1C=NCC2=C1C(C)(C)C2(C)C.CC(C)n1c2c(cnc1=O)C(C)(C)C2(C)C.CC(C)n1ccc(=O)c2c1C(C)(C)C2(C)C.CC(C)n1cnc(=O)c2c1C(C)(C)C2(C)C. The summed E-state index contributed by atoms with van der Waals surface area (Å²) in [6.07, 6.45) is 9.09. The Morgan fingerprint density at radius 1 is 0.487 bits per heavy atom. The van der Waals surface area contributed by atoms with Gasteiger partial charge in [0, 0.05) is 149 Å². The first-order valence-corrected chi connectivity index (χ1v) is 31.0. The minimum atomic E-state index is -3.21. The molecule has 0 amide bonds. The maximum absolute atomic E-state index is 12.1. The van der Waals surface area contributed by atoms with Gasteiger partial charge in [0.1, 0.15) is 0 Å². The van der Waals surface area contributed by atoms with Crippen molar-refractivity contribution in [3.05, 3.63) is 123 Å². The van der Waals surface area contributed by atoms with Crippen LogP contribution in [0.15, 0.2) is 77.6 Å². The van der Waals surface area contributed by atoms with Crippen LogP contribution < -0.4 is 16.7 Å². The maximum Gasteiger partial charge on any atom is 0.347 e. The third-order valence-corrected chi connectivity index (χ3v) is 23.8. The molecular weight excluding hydrogens is 1020 g/mol. The molecule has 5 heterocycles. The van der Waals surface area contributed by atoms with E-state index in [0.29, 0.717) is 28.4 Å². The van der Waals surface area contributed by atoms with Gasteiger partial charge in [-0.05, 0) is 80.4 Å². The van der Waals surface area contributed by atoms with Crippen molar-refractivity contribution < 1.29 is 8.42 Å². The summed E-state index contributed by atoms with van der Waals surface area (Å²) in [7, 11) is -3.21. The highest BCUT2D eigenvalue weighted by Gasteiger charge is 2.61. The number of hydrogen-bond acceptors (Lipinski definition) is 10. The minimum absolute atomic E-state index is 0.0166. The van der Waals surface area contributed by atoms with Crippen LogP contribution in [0.3, 0.4) is 0 Å². The van der Waals surface area contributed by atoms with Crippen LogP contribution >= 0.6 is 0 Å². The Labute approximate surface area is 482 Å². The van der Waals surface area contributed by atoms with E-state index < -0.39 is 9.84 Å². The Balaban J connectivity index is 0.000000161. The fourth-order valence-corrected chi connectivity index (χ4v) is 15.5. The number of aromatic nitrogens is 5. The number of nitrogens with zero attached hydrogens (tertiary/aromatic N) is 8. The summed E-state index contributed by atoms with van der Waals surface area (Å²) >= 11 is 0. The second-order valence-electron chi connectivity index (χ2n) is 30.5. The normalized spacial score (nSPS) is 23.2. The van der Waals surface area contributed by atoms with E-state index in [1.54, 1.807) is 24.8 Å². The first-order valence-electron chi connectivity index (χ1n) is 29.5. The molecule has 0 radical (unpaired) electrons. The molecule has 13 nitrogen and oxygen atoms in total. The molecule has 0 fully saturated rings. The molecule has 7 aliphatic rings. The summed E-state index contributed by atoms with van der Waals surface area (Å²) in [4.78, 5) is 53.1. The molecule has 80 heavy (non-hydrogen) atoms. The molecule has 14 heteroatoms. The van der Waals surface area contributed by atoms with Gasteiger partial charge in [-0.2, -0.15) is 4.98 Å². The predicted octanol–water partition coefficient (Wildman–Crippen LogP) is 13.7. The summed E-state index contributed by atoms with van der Waals surface area (Å²) in [6, 6.07) is 3.42. The number of rotatable bonds is 5. The third kappa shape index (κ3) is 9.05. The Hall–Kier alpha value is -4.85. The van der Waals surface area contributed by atoms with Crippen LogP contribution in [0.1, 0.15) is 260 Å². The lowest BCUT2D eigenvalue weighted by atomic mass is 9.51. The Kier molecular flexibility index (Phi) is 16.0. The van der Waals surface area contributed by atoms with Crippen LogP contribution in [0, 0.1) is 21.7 Å². The van der Waals surface area contributed by atoms with Gasteiger partial charge in [0.25, 0.3) is 5.56 Å². The molecule has 3 aromatic heterocycles. The lowest BCUT2D eigenvalue weighted by molar-refractivity contribution is 0.0888. The molecule has 0 N–H and O–H groups in total. The standard InChI is InChI=1S/C14H21NO.2C13H20N2O.C13H22N2.C13H21NO2S/c1-9(2)15-8-7-10(16)11-12(15)14(5,6)13(11,3)4;1-8(2)15-7-14-11(16)9-10(15)13(5,6)12(9,3)4;1-8(2)15-10-9(7-14-11(15)16)12(3,4)13(10,5)6;1-9(2)15-8-14-7-10-11(15)13(5,6)12(10,3)4;1-9(2)14-7-8-17(15,16)11-10(14)12(3,4)13(11,5)6/h7-9H,1-6H3;2*7-8H,1-6H3;8-9H,7H2,1-6H3;7-9H,1-6H3. The van der Waals surface area contributed by atoms with Gasteiger partial charge in [-0.1, -0.05) is 138 Å². The first kappa shape index (κ1) is 64.3. The summed E-state index contributed by atoms with van der Waals surface area (Å²) in [5.74, 6) is 0. The number of pyridine rings is 1. The van der Waals surface area contributed by atoms with Crippen LogP contribution in [-0.2, 0) is 42.3 Å². The minimum Gasteiger partial charge on any atom is -0.348 e. The highest BCUT2D eigenvalue weighted by Crippen LogP contribution is 2.65. The number of sulfone groups is 1. The average Bonchev–Trinajstić information content (AvgIpc) is 3.33. The van der Waals surface area contributed by atoms with Gasteiger partial charge in [0.15, 0.2) is 15.3 Å². The van der Waals surface area contributed by atoms with Gasteiger partial charge in [-0.3, -0.25) is 19.1 Å². The monoisotopic (exact) mass is 1120 g/mol. The molecule has 0 unspecified atom stereocenters. The number of aliphatic imine (C=N–C) groups is 1. The van der Waals surface area contributed by atoms with Gasteiger partial charge in [0.2, 0.25) is 0 Å². The Morgan fingerprint density at radius 2 is 0.963 bits per heavy atom. The van der Waals surface area contributed by atoms with Crippen molar-refractivity contribution in [1.82, 2.24) is 33.5 Å². The summed E-state index contributed by atoms with van der Waals surface area (Å²) in [5.41, 5.74) is 11.0. The van der Waals surface area contributed by atoms with Crippen molar-refractivity contribution in [3.8, 4) is 0 Å². The van der Waals surface area contributed by atoms with Crippen LogP contribution in [0.2, 0.25) is 0 Å². The quantitative estimate of drug-likeness (QED) is 0.244. The van der Waals surface area contributed by atoms with E-state index >= 15 is 0 Å². The fraction of sp³-hybridized carbons (Fsp3) is 0.697. The zero-order valence-corrected chi connectivity index (χ0v) is 56.0. The van der Waals surface area contributed by atoms with Gasteiger partial charge in [0.05, 0.1) is 29.5 Å². The Bertz CT molecular complexity index is 3220. The zero-order valence-electron chi connectivity index (χ0n) is 55.2. The molecular formula is C66H104N8O5S. The fourth-order valence-electron chi connectivity index (χ4n) is 13.4. The van der Waals surface area contributed by atoms with Crippen molar-refractivity contribution in [2.24, 2.45) is 26.7 Å². The highest BCUT2D eigenvalue weighted by molar-refractivity contribution is 7.98. The predicted molar refractivity (Wildman–Crippen MR) is 332 cm³/mol. The second kappa shape index (κ2) is 19.9. The van der Waals surface area contributed by atoms with E-state index in [-0.39, 0.29) is 77.5 Å². The number of hydrogen-bond donors (Lipinski definition) is 0. The molecule has 0 bridgehead atoms. The van der Waals surface area contributed by atoms with Gasteiger partial charge < -0.3 is 18.9 Å². The van der Waals surface area contributed by atoms with Crippen LogP contribution in [0.25, 0.3) is 0 Å². The van der Waals surface area contributed by atoms with Crippen molar-refractivity contribution in [1.29, 1.82) is 0 Å². The van der Waals surface area contributed by atoms with E-state index in [1.165, 1.54) is 27.9 Å². The van der Waals surface area contributed by atoms with E-state index in [2.05, 4.69) is 214 Å². The zero-order chi connectivity index (χ0) is 61.6. The molecule has 2 aliphatic heterocycles. The highest BCUT2D eigenvalue weighted by atomic mass is 32.2. The maximum atomic E-state index is 12.1. The first-order chi connectivity index (χ1) is 36.0. The molecule has 0 spiro atoms. The van der Waals surface area contributed by atoms with Crippen LogP contribution in [0.5, 0.6) is 0 Å². The number of allylic oxidation sites excluding steroid dienone is 3.